The van der Waals surface area contributed by atoms with Crippen LogP contribution in [0.2, 0.25) is 0 Å². The summed E-state index contributed by atoms with van der Waals surface area (Å²) in [6.45, 7) is 12.8. The SMILES string of the molecule is CCCCCN(C(=O)CNC(=O)OC(C)(C)C)C(C(=O)NC(C)C)c1ccc(O)c(C)c1. The smallest absolute Gasteiger partial charge is 0.408 e. The Balaban J connectivity index is 3.22. The van der Waals surface area contributed by atoms with Crippen molar-refractivity contribution in [1.29, 1.82) is 0 Å². The summed E-state index contributed by atoms with van der Waals surface area (Å²) in [5.74, 6) is -0.582. The Morgan fingerprint density at radius 1 is 1.16 bits per heavy atom. The fraction of sp³-hybridized carbons (Fsp3) is 0.625. The average Bonchev–Trinajstić information content (AvgIpc) is 2.66. The molecule has 0 aromatic heterocycles. The molecule has 0 aliphatic rings. The lowest BCUT2D eigenvalue weighted by Gasteiger charge is -2.32. The number of phenols is 1. The Bertz CT molecular complexity index is 786. The summed E-state index contributed by atoms with van der Waals surface area (Å²) in [7, 11) is 0. The Morgan fingerprint density at radius 3 is 2.34 bits per heavy atom. The van der Waals surface area contributed by atoms with E-state index >= 15 is 0 Å². The van der Waals surface area contributed by atoms with Gasteiger partial charge in [-0.15, -0.1) is 0 Å². The molecule has 180 valence electrons. The third-order valence-corrected chi connectivity index (χ3v) is 4.63. The van der Waals surface area contributed by atoms with E-state index in [9.17, 15) is 19.5 Å². The normalized spacial score (nSPS) is 12.2. The van der Waals surface area contributed by atoms with E-state index in [-0.39, 0.29) is 30.2 Å². The third kappa shape index (κ3) is 9.16. The minimum atomic E-state index is -0.888. The molecular weight excluding hydrogens is 410 g/mol. The fourth-order valence-corrected chi connectivity index (χ4v) is 3.18. The van der Waals surface area contributed by atoms with Gasteiger partial charge < -0.3 is 25.4 Å². The number of amides is 3. The first kappa shape index (κ1) is 27.3. The number of phenolic OH excluding ortho intramolecular Hbond substituents is 1. The first-order chi connectivity index (χ1) is 14.9. The molecule has 0 heterocycles. The summed E-state index contributed by atoms with van der Waals surface area (Å²) in [4.78, 5) is 39.9. The van der Waals surface area contributed by atoms with Gasteiger partial charge in [0.1, 0.15) is 23.9 Å². The van der Waals surface area contributed by atoms with Crippen molar-refractivity contribution in [3.05, 3.63) is 29.3 Å². The van der Waals surface area contributed by atoms with E-state index in [1.165, 1.54) is 11.0 Å². The van der Waals surface area contributed by atoms with Crippen molar-refractivity contribution >= 4 is 17.9 Å². The summed E-state index contributed by atoms with van der Waals surface area (Å²) >= 11 is 0. The molecule has 0 aliphatic heterocycles. The fourth-order valence-electron chi connectivity index (χ4n) is 3.18. The Hall–Kier alpha value is -2.77. The summed E-state index contributed by atoms with van der Waals surface area (Å²) in [6, 6.07) is 3.88. The van der Waals surface area contributed by atoms with Crippen LogP contribution in [0.25, 0.3) is 0 Å². The van der Waals surface area contributed by atoms with E-state index in [0.29, 0.717) is 17.7 Å². The quantitative estimate of drug-likeness (QED) is 0.471. The lowest BCUT2D eigenvalue weighted by molar-refractivity contribution is -0.140. The highest BCUT2D eigenvalue weighted by atomic mass is 16.6. The second kappa shape index (κ2) is 12.3. The lowest BCUT2D eigenvalue weighted by Crippen LogP contribution is -2.49. The maximum Gasteiger partial charge on any atom is 0.408 e. The second-order valence-electron chi connectivity index (χ2n) is 9.26. The number of carbonyl (C=O) groups excluding carboxylic acids is 3. The van der Waals surface area contributed by atoms with Gasteiger partial charge in [-0.25, -0.2) is 4.79 Å². The predicted molar refractivity (Wildman–Crippen MR) is 124 cm³/mol. The number of hydrogen-bond donors (Lipinski definition) is 3. The monoisotopic (exact) mass is 449 g/mol. The van der Waals surface area contributed by atoms with Crippen molar-refractivity contribution in [3.8, 4) is 5.75 Å². The zero-order valence-corrected chi connectivity index (χ0v) is 20.4. The van der Waals surface area contributed by atoms with Crippen LogP contribution >= 0.6 is 0 Å². The van der Waals surface area contributed by atoms with Gasteiger partial charge in [0.15, 0.2) is 0 Å². The topological polar surface area (TPSA) is 108 Å². The van der Waals surface area contributed by atoms with Crippen LogP contribution in [0.3, 0.4) is 0 Å². The first-order valence-corrected chi connectivity index (χ1v) is 11.2. The van der Waals surface area contributed by atoms with Crippen LogP contribution in [0.1, 0.15) is 78.0 Å². The minimum absolute atomic E-state index is 0.115. The molecule has 3 amide bonds. The molecular formula is C24H39N3O5. The molecule has 0 radical (unpaired) electrons. The van der Waals surface area contributed by atoms with Crippen LogP contribution < -0.4 is 10.6 Å². The van der Waals surface area contributed by atoms with Gasteiger partial charge in [0.05, 0.1) is 0 Å². The molecule has 0 aliphatic carbocycles. The highest BCUT2D eigenvalue weighted by Crippen LogP contribution is 2.27. The highest BCUT2D eigenvalue weighted by molar-refractivity contribution is 5.90. The number of hydrogen-bond acceptors (Lipinski definition) is 5. The van der Waals surface area contributed by atoms with E-state index < -0.39 is 17.7 Å². The molecule has 1 aromatic carbocycles. The van der Waals surface area contributed by atoms with Crippen LogP contribution in [0.4, 0.5) is 4.79 Å². The minimum Gasteiger partial charge on any atom is -0.508 e. The predicted octanol–water partition coefficient (Wildman–Crippen LogP) is 3.81. The number of aryl methyl sites for hydroxylation is 1. The van der Waals surface area contributed by atoms with Crippen LogP contribution in [0.15, 0.2) is 18.2 Å². The number of rotatable bonds is 10. The van der Waals surface area contributed by atoms with E-state index in [4.69, 9.17) is 4.74 Å². The van der Waals surface area contributed by atoms with Crippen LogP contribution in [-0.2, 0) is 14.3 Å². The van der Waals surface area contributed by atoms with Gasteiger partial charge in [-0.1, -0.05) is 25.8 Å². The molecule has 0 bridgehead atoms. The van der Waals surface area contributed by atoms with E-state index in [2.05, 4.69) is 17.6 Å². The van der Waals surface area contributed by atoms with Crippen LogP contribution in [-0.4, -0.2) is 52.6 Å². The summed E-state index contributed by atoms with van der Waals surface area (Å²) in [5.41, 5.74) is 0.523. The molecule has 0 saturated heterocycles. The number of benzene rings is 1. The van der Waals surface area contributed by atoms with E-state index in [1.807, 2.05) is 13.8 Å². The van der Waals surface area contributed by atoms with Crippen molar-refractivity contribution in [2.24, 2.45) is 0 Å². The molecule has 1 atom stereocenters. The van der Waals surface area contributed by atoms with Gasteiger partial charge in [0.25, 0.3) is 0 Å². The Labute approximate surface area is 191 Å². The zero-order chi connectivity index (χ0) is 24.5. The second-order valence-corrected chi connectivity index (χ2v) is 9.26. The van der Waals surface area contributed by atoms with Crippen molar-refractivity contribution in [2.45, 2.75) is 85.4 Å². The number of unbranched alkanes of at least 4 members (excludes halogenated alkanes) is 2. The number of nitrogens with zero attached hydrogens (tertiary/aromatic N) is 1. The standard InChI is InChI=1S/C24H39N3O5/c1-8-9-10-13-27(20(29)15-25-23(31)32-24(5,6)7)21(22(30)26-16(2)3)18-11-12-19(28)17(4)14-18/h11-12,14,16,21,28H,8-10,13,15H2,1-7H3,(H,25,31)(H,26,30). The zero-order valence-electron chi connectivity index (χ0n) is 20.4. The average molecular weight is 450 g/mol. The van der Waals surface area contributed by atoms with Gasteiger partial charge in [0.2, 0.25) is 11.8 Å². The number of carbonyl (C=O) groups is 3. The van der Waals surface area contributed by atoms with E-state index in [1.54, 1.807) is 39.8 Å². The number of aromatic hydroxyl groups is 1. The summed E-state index contributed by atoms with van der Waals surface area (Å²) < 4.78 is 5.21. The number of alkyl carbamates (subject to hydrolysis) is 1. The van der Waals surface area contributed by atoms with E-state index in [0.717, 1.165) is 19.3 Å². The van der Waals surface area contributed by atoms with Gasteiger partial charge >= 0.3 is 6.09 Å². The molecule has 0 spiro atoms. The van der Waals surface area contributed by atoms with Gasteiger partial charge in [-0.05, 0) is 71.2 Å². The largest absolute Gasteiger partial charge is 0.508 e. The maximum atomic E-state index is 13.2. The number of nitrogens with one attached hydrogen (secondary N) is 2. The molecule has 1 unspecified atom stereocenters. The molecule has 32 heavy (non-hydrogen) atoms. The third-order valence-electron chi connectivity index (χ3n) is 4.63. The first-order valence-electron chi connectivity index (χ1n) is 11.2. The van der Waals surface area contributed by atoms with Gasteiger partial charge in [0, 0.05) is 12.6 Å². The molecule has 8 heteroatoms. The molecule has 3 N–H and O–H groups in total. The molecule has 1 aromatic rings. The number of ether oxygens (including phenoxy) is 1. The van der Waals surface area contributed by atoms with Crippen molar-refractivity contribution in [2.75, 3.05) is 13.1 Å². The maximum absolute atomic E-state index is 13.2. The molecule has 0 saturated carbocycles. The van der Waals surface area contributed by atoms with Crippen LogP contribution in [0.5, 0.6) is 5.75 Å². The summed E-state index contributed by atoms with van der Waals surface area (Å²) in [5, 5.41) is 15.3. The van der Waals surface area contributed by atoms with Crippen molar-refractivity contribution in [3.63, 3.8) is 0 Å². The van der Waals surface area contributed by atoms with Crippen molar-refractivity contribution in [1.82, 2.24) is 15.5 Å². The summed E-state index contributed by atoms with van der Waals surface area (Å²) in [6.07, 6.45) is 1.88. The van der Waals surface area contributed by atoms with Gasteiger partial charge in [-0.2, -0.15) is 0 Å². The molecule has 1 rings (SSSR count). The van der Waals surface area contributed by atoms with Gasteiger partial charge in [-0.3, -0.25) is 9.59 Å². The Morgan fingerprint density at radius 2 is 1.81 bits per heavy atom. The molecule has 8 nitrogen and oxygen atoms in total. The van der Waals surface area contributed by atoms with Crippen molar-refractivity contribution < 1.29 is 24.2 Å². The lowest BCUT2D eigenvalue weighted by atomic mass is 10.00. The Kier molecular flexibility index (Phi) is 10.5. The highest BCUT2D eigenvalue weighted by Gasteiger charge is 2.32. The molecule has 0 fully saturated rings. The van der Waals surface area contributed by atoms with Crippen LogP contribution in [0, 0.1) is 6.92 Å².